The number of halogens is 1. The van der Waals surface area contributed by atoms with E-state index < -0.39 is 0 Å². The Morgan fingerprint density at radius 3 is 3.05 bits per heavy atom. The van der Waals surface area contributed by atoms with Crippen LogP contribution in [-0.4, -0.2) is 65.2 Å². The number of pyridine rings is 1. The molecule has 0 spiro atoms. The third-order valence-electron chi connectivity index (χ3n) is 3.51. The lowest BCUT2D eigenvalue weighted by atomic mass is 10.2. The molecule has 0 aliphatic carbocycles. The first-order valence-electron chi connectivity index (χ1n) is 6.77. The van der Waals surface area contributed by atoms with Crippen LogP contribution in [0.2, 0.25) is 0 Å². The Kier molecular flexibility index (Phi) is 3.81. The minimum Gasteiger partial charge on any atom is -0.347 e. The van der Waals surface area contributed by atoms with Crippen LogP contribution in [0.4, 0.5) is 5.95 Å². The highest BCUT2D eigenvalue weighted by atomic mass is 79.9. The van der Waals surface area contributed by atoms with Crippen LogP contribution in [0, 0.1) is 0 Å². The molecule has 1 aliphatic rings. The third kappa shape index (κ3) is 2.73. The number of piperazine rings is 1. The molecule has 112 valence electrons. The number of anilines is 1. The molecule has 21 heavy (non-hydrogen) atoms. The first-order chi connectivity index (χ1) is 10.1. The molecule has 3 heterocycles. The second-order valence-corrected chi connectivity index (χ2v) is 6.12. The second-order valence-electron chi connectivity index (χ2n) is 5.21. The zero-order chi connectivity index (χ0) is 15.0. The Morgan fingerprint density at radius 2 is 2.29 bits per heavy atom. The first-order valence-corrected chi connectivity index (χ1v) is 7.56. The van der Waals surface area contributed by atoms with Gasteiger partial charge in [-0.3, -0.25) is 4.79 Å². The number of carbonyl (C=O) groups excluding carboxylic acids is 1. The molecule has 0 bridgehead atoms. The van der Waals surface area contributed by atoms with Crippen LogP contribution < -0.4 is 10.2 Å². The molecule has 0 saturated carbocycles. The van der Waals surface area contributed by atoms with Gasteiger partial charge < -0.3 is 15.1 Å². The number of fused-ring (bicyclic) bond motifs is 1. The van der Waals surface area contributed by atoms with E-state index in [4.69, 9.17) is 0 Å². The van der Waals surface area contributed by atoms with E-state index in [1.165, 1.54) is 0 Å². The van der Waals surface area contributed by atoms with Crippen molar-refractivity contribution in [2.24, 2.45) is 0 Å². The van der Waals surface area contributed by atoms with Gasteiger partial charge in [0.2, 0.25) is 11.9 Å². The highest BCUT2D eigenvalue weighted by molar-refractivity contribution is 9.10. The van der Waals surface area contributed by atoms with Crippen LogP contribution in [0.1, 0.15) is 0 Å². The molecular formula is C13H17BrN6O. The van der Waals surface area contributed by atoms with Crippen molar-refractivity contribution < 1.29 is 4.79 Å². The molecule has 1 amide bonds. The van der Waals surface area contributed by atoms with Gasteiger partial charge in [0.1, 0.15) is 6.04 Å². The molecule has 3 rings (SSSR count). The van der Waals surface area contributed by atoms with Crippen LogP contribution in [0.5, 0.6) is 0 Å². The van der Waals surface area contributed by atoms with Crippen molar-refractivity contribution in [3.63, 3.8) is 0 Å². The fourth-order valence-corrected chi connectivity index (χ4v) is 2.76. The van der Waals surface area contributed by atoms with E-state index in [0.29, 0.717) is 19.0 Å². The lowest BCUT2D eigenvalue weighted by Crippen LogP contribution is -2.58. The van der Waals surface area contributed by atoms with Gasteiger partial charge >= 0.3 is 0 Å². The summed E-state index contributed by atoms with van der Waals surface area (Å²) in [5.74, 6) is 0.650. The van der Waals surface area contributed by atoms with Crippen LogP contribution >= 0.6 is 15.9 Å². The van der Waals surface area contributed by atoms with Crippen molar-refractivity contribution in [1.82, 2.24) is 24.8 Å². The maximum Gasteiger partial charge on any atom is 0.246 e. The van der Waals surface area contributed by atoms with Gasteiger partial charge in [0.05, 0.1) is 0 Å². The number of likely N-dealkylation sites (N-methyl/N-ethyl adjacent to an activating group) is 1. The summed E-state index contributed by atoms with van der Waals surface area (Å²) in [5.41, 5.74) is 0.766. The second kappa shape index (κ2) is 5.61. The van der Waals surface area contributed by atoms with E-state index in [0.717, 1.165) is 16.7 Å². The van der Waals surface area contributed by atoms with E-state index in [9.17, 15) is 4.79 Å². The van der Waals surface area contributed by atoms with Crippen molar-refractivity contribution in [1.29, 1.82) is 0 Å². The van der Waals surface area contributed by atoms with Crippen molar-refractivity contribution in [3.8, 4) is 0 Å². The maximum absolute atomic E-state index is 12.3. The van der Waals surface area contributed by atoms with Crippen molar-refractivity contribution in [3.05, 3.63) is 22.8 Å². The zero-order valence-electron chi connectivity index (χ0n) is 12.0. The number of aromatic nitrogens is 3. The fraction of sp³-hybridized carbons (Fsp3) is 0.462. The minimum absolute atomic E-state index is 0.0576. The SMILES string of the molecule is CN(C)C(=O)C1CNCCN1c1nc2ccc(Br)cn2n1. The number of nitrogens with one attached hydrogen (secondary N) is 1. The van der Waals surface area contributed by atoms with Gasteiger partial charge in [-0.2, -0.15) is 4.98 Å². The Labute approximate surface area is 131 Å². The first kappa shape index (κ1) is 14.3. The summed E-state index contributed by atoms with van der Waals surface area (Å²) in [4.78, 5) is 20.4. The number of hydrogen-bond donors (Lipinski definition) is 1. The summed E-state index contributed by atoms with van der Waals surface area (Å²) >= 11 is 3.42. The summed E-state index contributed by atoms with van der Waals surface area (Å²) in [5, 5.41) is 7.75. The van der Waals surface area contributed by atoms with E-state index in [1.807, 2.05) is 23.2 Å². The molecule has 0 radical (unpaired) electrons. The van der Waals surface area contributed by atoms with Gasteiger partial charge in [-0.05, 0) is 28.1 Å². The van der Waals surface area contributed by atoms with E-state index in [2.05, 4.69) is 31.3 Å². The van der Waals surface area contributed by atoms with Gasteiger partial charge in [-0.25, -0.2) is 4.52 Å². The number of hydrogen-bond acceptors (Lipinski definition) is 5. The number of carbonyl (C=O) groups is 1. The Balaban J connectivity index is 1.96. The normalized spacial score (nSPS) is 19.0. The van der Waals surface area contributed by atoms with Crippen molar-refractivity contribution >= 4 is 33.4 Å². The van der Waals surface area contributed by atoms with Gasteiger partial charge in [-0.1, -0.05) is 0 Å². The van der Waals surface area contributed by atoms with Crippen LogP contribution in [0.15, 0.2) is 22.8 Å². The standard InChI is InChI=1S/C13H17BrN6O/c1-18(2)12(21)10-7-15-5-6-19(10)13-16-11-4-3-9(14)8-20(11)17-13/h3-4,8,10,15H,5-7H2,1-2H3. The van der Waals surface area contributed by atoms with Crippen LogP contribution in [0.3, 0.4) is 0 Å². The summed E-state index contributed by atoms with van der Waals surface area (Å²) in [6, 6.07) is 3.55. The molecule has 2 aromatic rings. The van der Waals surface area contributed by atoms with Gasteiger partial charge in [-0.15, -0.1) is 5.10 Å². The highest BCUT2D eigenvalue weighted by Crippen LogP contribution is 2.18. The Morgan fingerprint density at radius 1 is 1.48 bits per heavy atom. The van der Waals surface area contributed by atoms with Crippen LogP contribution in [0.25, 0.3) is 5.65 Å². The summed E-state index contributed by atoms with van der Waals surface area (Å²) in [6.07, 6.45) is 1.86. The Hall–Kier alpha value is -1.67. The molecule has 1 unspecified atom stereocenters. The third-order valence-corrected chi connectivity index (χ3v) is 3.98. The van der Waals surface area contributed by atoms with Gasteiger partial charge in [0.25, 0.3) is 0 Å². The molecule has 1 saturated heterocycles. The van der Waals surface area contributed by atoms with E-state index in [1.54, 1.807) is 23.5 Å². The number of amides is 1. The topological polar surface area (TPSA) is 65.8 Å². The summed E-state index contributed by atoms with van der Waals surface area (Å²) < 4.78 is 2.66. The molecule has 1 fully saturated rings. The number of nitrogens with zero attached hydrogens (tertiary/aromatic N) is 5. The average molecular weight is 353 g/mol. The zero-order valence-corrected chi connectivity index (χ0v) is 13.5. The van der Waals surface area contributed by atoms with Gasteiger partial charge in [0.15, 0.2) is 5.65 Å². The molecule has 7 nitrogen and oxygen atoms in total. The minimum atomic E-state index is -0.269. The summed E-state index contributed by atoms with van der Waals surface area (Å²) in [6.45, 7) is 2.13. The van der Waals surface area contributed by atoms with Crippen molar-refractivity contribution in [2.45, 2.75) is 6.04 Å². The lowest BCUT2D eigenvalue weighted by molar-refractivity contribution is -0.130. The Bertz CT molecular complexity index is 670. The molecule has 8 heteroatoms. The summed E-state index contributed by atoms with van der Waals surface area (Å²) in [7, 11) is 3.53. The predicted molar refractivity (Wildman–Crippen MR) is 83.4 cm³/mol. The smallest absolute Gasteiger partial charge is 0.246 e. The predicted octanol–water partition coefficient (Wildman–Crippen LogP) is 0.358. The maximum atomic E-state index is 12.3. The van der Waals surface area contributed by atoms with Gasteiger partial charge in [0, 0.05) is 44.4 Å². The molecule has 1 N–H and O–H groups in total. The van der Waals surface area contributed by atoms with Crippen LogP contribution in [-0.2, 0) is 4.79 Å². The molecule has 1 atom stereocenters. The highest BCUT2D eigenvalue weighted by Gasteiger charge is 2.32. The van der Waals surface area contributed by atoms with E-state index >= 15 is 0 Å². The molecule has 0 aromatic carbocycles. The molecular weight excluding hydrogens is 336 g/mol. The monoisotopic (exact) mass is 352 g/mol. The van der Waals surface area contributed by atoms with Crippen molar-refractivity contribution in [2.75, 3.05) is 38.6 Å². The lowest BCUT2D eigenvalue weighted by Gasteiger charge is -2.35. The fourth-order valence-electron chi connectivity index (χ4n) is 2.43. The largest absolute Gasteiger partial charge is 0.347 e. The number of rotatable bonds is 2. The molecule has 1 aliphatic heterocycles. The van der Waals surface area contributed by atoms with E-state index in [-0.39, 0.29) is 11.9 Å². The quantitative estimate of drug-likeness (QED) is 0.845. The average Bonchev–Trinajstić information content (AvgIpc) is 2.89. The molecule has 2 aromatic heterocycles.